The van der Waals surface area contributed by atoms with Crippen molar-refractivity contribution in [1.82, 2.24) is 0 Å². The molecule has 0 aliphatic rings. The first kappa shape index (κ1) is 12.0. The van der Waals surface area contributed by atoms with Crippen LogP contribution in [0, 0.1) is 5.21 Å². The highest BCUT2D eigenvalue weighted by Gasteiger charge is 2.05. The first-order chi connectivity index (χ1) is 8.70. The highest BCUT2D eigenvalue weighted by Crippen LogP contribution is 2.25. The summed E-state index contributed by atoms with van der Waals surface area (Å²) in [6.07, 6.45) is 1.43. The molecule has 0 aliphatic carbocycles. The van der Waals surface area contributed by atoms with Gasteiger partial charge in [-0.15, -0.1) is 0 Å². The van der Waals surface area contributed by atoms with Crippen LogP contribution in [0.15, 0.2) is 48.5 Å². The van der Waals surface area contributed by atoms with Gasteiger partial charge in [-0.25, -0.2) is 0 Å². The Bertz CT molecular complexity index is 565. The van der Waals surface area contributed by atoms with Crippen molar-refractivity contribution in [3.8, 4) is 11.5 Å². The number of ether oxygens (including phenoxy) is 1. The van der Waals surface area contributed by atoms with E-state index in [9.17, 15) is 10.3 Å². The van der Waals surface area contributed by atoms with Crippen LogP contribution >= 0.6 is 0 Å². The molecule has 2 aromatic carbocycles. The quantitative estimate of drug-likeness (QED) is 0.390. The zero-order chi connectivity index (χ0) is 13.0. The van der Waals surface area contributed by atoms with Crippen molar-refractivity contribution >= 4 is 11.9 Å². The first-order valence-electron chi connectivity index (χ1n) is 5.44. The molecule has 4 heteroatoms. The summed E-state index contributed by atoms with van der Waals surface area (Å²) in [5.41, 5.74) is 1.20. The summed E-state index contributed by atoms with van der Waals surface area (Å²) in [6.45, 7) is 0. The van der Waals surface area contributed by atoms with Gasteiger partial charge < -0.3 is 15.1 Å². The predicted octanol–water partition coefficient (Wildman–Crippen LogP) is 2.66. The lowest BCUT2D eigenvalue weighted by Crippen LogP contribution is -1.98. The van der Waals surface area contributed by atoms with Crippen molar-refractivity contribution in [3.05, 3.63) is 59.3 Å². The lowest BCUT2D eigenvalue weighted by Gasteiger charge is -2.05. The van der Waals surface area contributed by atoms with Gasteiger partial charge in [0.25, 0.3) is 0 Å². The van der Waals surface area contributed by atoms with Crippen molar-refractivity contribution in [2.75, 3.05) is 7.11 Å². The Labute approximate surface area is 105 Å². The molecule has 4 nitrogen and oxygen atoms in total. The Kier molecular flexibility index (Phi) is 3.48. The van der Waals surface area contributed by atoms with Crippen LogP contribution in [0.3, 0.4) is 0 Å². The van der Waals surface area contributed by atoms with Crippen LogP contribution in [0.2, 0.25) is 0 Å². The fourth-order valence-corrected chi connectivity index (χ4v) is 1.56. The predicted molar refractivity (Wildman–Crippen MR) is 69.6 cm³/mol. The molecule has 0 amide bonds. The van der Waals surface area contributed by atoms with Gasteiger partial charge in [0.15, 0.2) is 17.7 Å². The molecule has 0 heterocycles. The lowest BCUT2D eigenvalue weighted by atomic mass is 10.2. The molecule has 0 unspecified atom stereocenters. The number of benzene rings is 2. The molecule has 0 aromatic heterocycles. The van der Waals surface area contributed by atoms with Gasteiger partial charge in [-0.2, -0.15) is 4.74 Å². The van der Waals surface area contributed by atoms with E-state index in [4.69, 9.17) is 4.74 Å². The van der Waals surface area contributed by atoms with Gasteiger partial charge in [0.2, 0.25) is 5.69 Å². The number of aromatic hydroxyl groups is 1. The standard InChI is InChI=1S/C14H13NO3/c1-18-14-9-11(7-8-13(14)16)10-15(17)12-5-3-2-4-6-12/h2-10,16H,1H3. The van der Waals surface area contributed by atoms with Gasteiger partial charge in [-0.1, -0.05) is 18.2 Å². The molecule has 2 aromatic rings. The van der Waals surface area contributed by atoms with Crippen LogP contribution in [0.25, 0.3) is 0 Å². The minimum absolute atomic E-state index is 0.0480. The van der Waals surface area contributed by atoms with Crippen LogP contribution in [0.1, 0.15) is 5.56 Å². The van der Waals surface area contributed by atoms with Gasteiger partial charge in [0.05, 0.1) is 7.11 Å². The van der Waals surface area contributed by atoms with Crippen LogP contribution in [0.4, 0.5) is 5.69 Å². The highest BCUT2D eigenvalue weighted by molar-refractivity contribution is 5.78. The summed E-state index contributed by atoms with van der Waals surface area (Å²) in [5, 5.41) is 21.3. The number of rotatable bonds is 3. The third-order valence-corrected chi connectivity index (χ3v) is 2.48. The number of para-hydroxylation sites is 1. The maximum Gasteiger partial charge on any atom is 0.216 e. The van der Waals surface area contributed by atoms with Crippen molar-refractivity contribution in [3.63, 3.8) is 0 Å². The smallest absolute Gasteiger partial charge is 0.216 e. The van der Waals surface area contributed by atoms with E-state index in [0.29, 0.717) is 17.0 Å². The third kappa shape index (κ3) is 2.60. The summed E-state index contributed by atoms with van der Waals surface area (Å²) in [6, 6.07) is 13.6. The lowest BCUT2D eigenvalue weighted by molar-refractivity contribution is -0.354. The van der Waals surface area contributed by atoms with E-state index in [-0.39, 0.29) is 5.75 Å². The van der Waals surface area contributed by atoms with Gasteiger partial charge in [0, 0.05) is 17.7 Å². The van der Waals surface area contributed by atoms with Crippen LogP contribution in [-0.2, 0) is 0 Å². The first-order valence-corrected chi connectivity index (χ1v) is 5.44. The molecule has 0 saturated heterocycles. The number of phenols is 1. The number of nitrogens with zero attached hydrogens (tertiary/aromatic N) is 1. The molecule has 0 spiro atoms. The van der Waals surface area contributed by atoms with Crippen molar-refractivity contribution in [2.45, 2.75) is 0 Å². The average Bonchev–Trinajstić information content (AvgIpc) is 2.42. The van der Waals surface area contributed by atoms with E-state index < -0.39 is 0 Å². The molecule has 0 radical (unpaired) electrons. The molecular formula is C14H13NO3. The molecule has 1 N–H and O–H groups in total. The Balaban J connectivity index is 2.33. The molecule has 2 rings (SSSR count). The summed E-state index contributed by atoms with van der Waals surface area (Å²) in [5.74, 6) is 0.386. The van der Waals surface area contributed by atoms with E-state index in [1.807, 2.05) is 6.07 Å². The van der Waals surface area contributed by atoms with E-state index in [2.05, 4.69) is 0 Å². The van der Waals surface area contributed by atoms with E-state index in [1.54, 1.807) is 36.4 Å². The van der Waals surface area contributed by atoms with E-state index in [0.717, 1.165) is 4.74 Å². The average molecular weight is 243 g/mol. The van der Waals surface area contributed by atoms with Gasteiger partial charge >= 0.3 is 0 Å². The summed E-state index contributed by atoms with van der Waals surface area (Å²) in [7, 11) is 1.46. The topological polar surface area (TPSA) is 55.5 Å². The maximum atomic E-state index is 11.9. The molecule has 0 saturated carbocycles. The maximum absolute atomic E-state index is 11.9. The molecule has 0 fully saturated rings. The number of methoxy groups -OCH3 is 1. The fraction of sp³-hybridized carbons (Fsp3) is 0.0714. The van der Waals surface area contributed by atoms with Crippen LogP contribution in [-0.4, -0.2) is 23.2 Å². The fourth-order valence-electron chi connectivity index (χ4n) is 1.56. The minimum Gasteiger partial charge on any atom is -0.618 e. The van der Waals surface area contributed by atoms with Crippen molar-refractivity contribution < 1.29 is 14.6 Å². The Morgan fingerprint density at radius 3 is 2.56 bits per heavy atom. The largest absolute Gasteiger partial charge is 0.618 e. The second-order valence-corrected chi connectivity index (χ2v) is 3.72. The molecule has 92 valence electrons. The zero-order valence-electron chi connectivity index (χ0n) is 9.91. The molecule has 0 atom stereocenters. The van der Waals surface area contributed by atoms with Gasteiger partial charge in [-0.05, 0) is 18.2 Å². The molecular weight excluding hydrogens is 230 g/mol. The molecule has 18 heavy (non-hydrogen) atoms. The minimum atomic E-state index is 0.0480. The number of hydrogen-bond acceptors (Lipinski definition) is 3. The second kappa shape index (κ2) is 5.23. The monoisotopic (exact) mass is 243 g/mol. The van der Waals surface area contributed by atoms with Crippen LogP contribution < -0.4 is 4.74 Å². The summed E-state index contributed by atoms with van der Waals surface area (Å²) in [4.78, 5) is 0. The number of hydrogen-bond donors (Lipinski definition) is 1. The normalized spacial score (nSPS) is 11.3. The summed E-state index contributed by atoms with van der Waals surface area (Å²) >= 11 is 0. The van der Waals surface area contributed by atoms with Crippen molar-refractivity contribution in [2.24, 2.45) is 0 Å². The van der Waals surface area contributed by atoms with E-state index >= 15 is 0 Å². The van der Waals surface area contributed by atoms with Crippen molar-refractivity contribution in [1.29, 1.82) is 0 Å². The second-order valence-electron chi connectivity index (χ2n) is 3.72. The molecule has 0 aliphatic heterocycles. The Morgan fingerprint density at radius 2 is 1.89 bits per heavy atom. The zero-order valence-corrected chi connectivity index (χ0v) is 9.91. The Hall–Kier alpha value is -2.49. The number of phenolic OH excluding ortho intramolecular Hbond substituents is 1. The Morgan fingerprint density at radius 1 is 1.17 bits per heavy atom. The molecule has 0 bridgehead atoms. The van der Waals surface area contributed by atoms with Gasteiger partial charge in [-0.3, -0.25) is 0 Å². The van der Waals surface area contributed by atoms with Crippen LogP contribution in [0.5, 0.6) is 11.5 Å². The van der Waals surface area contributed by atoms with E-state index in [1.165, 1.54) is 19.4 Å². The summed E-state index contributed by atoms with van der Waals surface area (Å²) < 4.78 is 5.75. The third-order valence-electron chi connectivity index (χ3n) is 2.48. The SMILES string of the molecule is COc1cc(C=[N+]([O-])c2ccccc2)ccc1O. The highest BCUT2D eigenvalue weighted by atomic mass is 16.5. The van der Waals surface area contributed by atoms with Gasteiger partial charge in [0.1, 0.15) is 0 Å².